The lowest BCUT2D eigenvalue weighted by molar-refractivity contribution is -0.132. The first-order chi connectivity index (χ1) is 7.52. The highest BCUT2D eigenvalue weighted by atomic mass is 16.2. The van der Waals surface area contributed by atoms with E-state index >= 15 is 0 Å². The van der Waals surface area contributed by atoms with Crippen LogP contribution >= 0.6 is 0 Å². The Morgan fingerprint density at radius 2 is 1.88 bits per heavy atom. The van der Waals surface area contributed by atoms with Crippen LogP contribution in [-0.4, -0.2) is 61.4 Å². The van der Waals surface area contributed by atoms with Crippen LogP contribution in [0.15, 0.2) is 0 Å². The van der Waals surface area contributed by atoms with Gasteiger partial charge in [-0.1, -0.05) is 0 Å². The van der Waals surface area contributed by atoms with Crippen LogP contribution in [0.2, 0.25) is 0 Å². The van der Waals surface area contributed by atoms with Crippen molar-refractivity contribution in [3.05, 3.63) is 0 Å². The minimum Gasteiger partial charge on any atom is -0.348 e. The summed E-state index contributed by atoms with van der Waals surface area (Å²) in [5.74, 6) is 0.0881. The van der Waals surface area contributed by atoms with E-state index in [0.717, 1.165) is 25.9 Å². The van der Waals surface area contributed by atoms with Crippen molar-refractivity contribution in [3.63, 3.8) is 0 Å². The lowest BCUT2D eigenvalue weighted by atomic mass is 10.3. The molecule has 92 valence electrons. The fraction of sp³-hybridized carbons (Fsp3) is 0.818. The zero-order chi connectivity index (χ0) is 12.1. The fourth-order valence-corrected chi connectivity index (χ4v) is 1.70. The van der Waals surface area contributed by atoms with Gasteiger partial charge in [-0.05, 0) is 19.8 Å². The summed E-state index contributed by atoms with van der Waals surface area (Å²) in [7, 11) is 3.41. The first-order valence-corrected chi connectivity index (χ1v) is 5.74. The molecule has 5 heteroatoms. The molecule has 0 spiro atoms. The van der Waals surface area contributed by atoms with Crippen LogP contribution in [0, 0.1) is 0 Å². The highest BCUT2D eigenvalue weighted by molar-refractivity contribution is 5.83. The molecular formula is C11H21N3O2. The Kier molecular flexibility index (Phi) is 4.73. The molecule has 1 N–H and O–H groups in total. The summed E-state index contributed by atoms with van der Waals surface area (Å²) in [4.78, 5) is 26.6. The number of carbonyl (C=O) groups is 2. The molecule has 1 saturated heterocycles. The second-order valence-corrected chi connectivity index (χ2v) is 4.42. The van der Waals surface area contributed by atoms with Crippen LogP contribution in [-0.2, 0) is 9.59 Å². The number of rotatable bonds is 4. The van der Waals surface area contributed by atoms with Crippen molar-refractivity contribution in [1.29, 1.82) is 0 Å². The molecule has 1 rings (SSSR count). The quantitative estimate of drug-likeness (QED) is 0.716. The molecule has 5 nitrogen and oxygen atoms in total. The maximum atomic E-state index is 11.9. The van der Waals surface area contributed by atoms with E-state index in [1.165, 1.54) is 4.90 Å². The largest absolute Gasteiger partial charge is 0.348 e. The number of likely N-dealkylation sites (tertiary alicyclic amines) is 1. The lowest BCUT2D eigenvalue weighted by Crippen LogP contribution is -2.46. The summed E-state index contributed by atoms with van der Waals surface area (Å²) in [6, 6.07) is -0.276. The number of likely N-dealkylation sites (N-methyl/N-ethyl adjacent to an activating group) is 1. The molecule has 1 atom stereocenters. The number of carbonyl (C=O) groups excluding carboxylic acids is 2. The van der Waals surface area contributed by atoms with Crippen molar-refractivity contribution >= 4 is 11.8 Å². The van der Waals surface area contributed by atoms with Crippen LogP contribution in [0.5, 0.6) is 0 Å². The van der Waals surface area contributed by atoms with Crippen LogP contribution in [0.25, 0.3) is 0 Å². The van der Waals surface area contributed by atoms with Gasteiger partial charge >= 0.3 is 0 Å². The Balaban J connectivity index is 2.31. The van der Waals surface area contributed by atoms with Gasteiger partial charge in [-0.2, -0.15) is 0 Å². The molecule has 1 aliphatic heterocycles. The van der Waals surface area contributed by atoms with Crippen LogP contribution in [0.4, 0.5) is 0 Å². The van der Waals surface area contributed by atoms with E-state index < -0.39 is 0 Å². The monoisotopic (exact) mass is 227 g/mol. The molecule has 16 heavy (non-hydrogen) atoms. The molecule has 0 bridgehead atoms. The van der Waals surface area contributed by atoms with Gasteiger partial charge in [-0.15, -0.1) is 0 Å². The van der Waals surface area contributed by atoms with Gasteiger partial charge < -0.3 is 9.80 Å². The Labute approximate surface area is 96.8 Å². The zero-order valence-corrected chi connectivity index (χ0v) is 10.3. The maximum Gasteiger partial charge on any atom is 0.239 e. The van der Waals surface area contributed by atoms with Crippen molar-refractivity contribution in [3.8, 4) is 0 Å². The molecule has 1 heterocycles. The lowest BCUT2D eigenvalue weighted by Gasteiger charge is -2.21. The summed E-state index contributed by atoms with van der Waals surface area (Å²) in [5.41, 5.74) is 0. The van der Waals surface area contributed by atoms with Crippen LogP contribution in [0.1, 0.15) is 19.8 Å². The Hall–Kier alpha value is -1.10. The zero-order valence-electron chi connectivity index (χ0n) is 10.3. The molecule has 0 radical (unpaired) electrons. The van der Waals surface area contributed by atoms with E-state index in [9.17, 15) is 9.59 Å². The van der Waals surface area contributed by atoms with Gasteiger partial charge in [0.05, 0.1) is 12.6 Å². The molecule has 1 unspecified atom stereocenters. The van der Waals surface area contributed by atoms with E-state index in [1.54, 1.807) is 14.1 Å². The summed E-state index contributed by atoms with van der Waals surface area (Å²) < 4.78 is 0. The molecule has 0 aromatic heterocycles. The second-order valence-electron chi connectivity index (χ2n) is 4.42. The van der Waals surface area contributed by atoms with E-state index in [1.807, 2.05) is 11.8 Å². The SMILES string of the molecule is CC(NCC(=O)N(C)C)C(=O)N1CCCC1. The van der Waals surface area contributed by atoms with E-state index in [2.05, 4.69) is 5.32 Å². The normalized spacial score (nSPS) is 17.3. The summed E-state index contributed by atoms with van der Waals surface area (Å²) in [6.45, 7) is 3.73. The van der Waals surface area contributed by atoms with Crippen LogP contribution in [0.3, 0.4) is 0 Å². The standard InChI is InChI=1S/C11H21N3O2/c1-9(12-8-10(15)13(2)3)11(16)14-6-4-5-7-14/h9,12H,4-8H2,1-3H3. The fourth-order valence-electron chi connectivity index (χ4n) is 1.70. The molecule has 0 aromatic rings. The number of amides is 2. The number of nitrogens with zero attached hydrogens (tertiary/aromatic N) is 2. The van der Waals surface area contributed by atoms with Crippen molar-refractivity contribution in [2.75, 3.05) is 33.7 Å². The van der Waals surface area contributed by atoms with Gasteiger partial charge in [0, 0.05) is 27.2 Å². The number of nitrogens with one attached hydrogen (secondary N) is 1. The smallest absolute Gasteiger partial charge is 0.239 e. The average Bonchev–Trinajstić information content (AvgIpc) is 2.77. The Bertz CT molecular complexity index is 260. The molecule has 0 aliphatic carbocycles. The van der Waals surface area contributed by atoms with Crippen molar-refractivity contribution in [1.82, 2.24) is 15.1 Å². The predicted octanol–water partition coefficient (Wildman–Crippen LogP) is -0.325. The van der Waals surface area contributed by atoms with Gasteiger partial charge in [0.1, 0.15) is 0 Å². The maximum absolute atomic E-state index is 11.9. The molecule has 0 saturated carbocycles. The second kappa shape index (κ2) is 5.84. The summed E-state index contributed by atoms with van der Waals surface area (Å²) in [6.07, 6.45) is 2.18. The van der Waals surface area contributed by atoms with Gasteiger partial charge in [0.2, 0.25) is 11.8 Å². The third-order valence-electron chi connectivity index (χ3n) is 2.85. The van der Waals surface area contributed by atoms with Crippen molar-refractivity contribution in [2.45, 2.75) is 25.8 Å². The predicted molar refractivity (Wildman–Crippen MR) is 62.0 cm³/mol. The molecule has 2 amide bonds. The van der Waals surface area contributed by atoms with E-state index in [4.69, 9.17) is 0 Å². The summed E-state index contributed by atoms with van der Waals surface area (Å²) in [5, 5.41) is 2.96. The topological polar surface area (TPSA) is 52.7 Å². The average molecular weight is 227 g/mol. The molecule has 1 aliphatic rings. The number of hydrogen-bond donors (Lipinski definition) is 1. The van der Waals surface area contributed by atoms with E-state index in [-0.39, 0.29) is 24.4 Å². The van der Waals surface area contributed by atoms with Crippen molar-refractivity contribution < 1.29 is 9.59 Å². The Morgan fingerprint density at radius 3 is 2.38 bits per heavy atom. The number of hydrogen-bond acceptors (Lipinski definition) is 3. The van der Waals surface area contributed by atoms with Gasteiger partial charge in [-0.3, -0.25) is 14.9 Å². The highest BCUT2D eigenvalue weighted by Gasteiger charge is 2.23. The highest BCUT2D eigenvalue weighted by Crippen LogP contribution is 2.08. The van der Waals surface area contributed by atoms with Gasteiger partial charge in [0.25, 0.3) is 0 Å². The van der Waals surface area contributed by atoms with Gasteiger partial charge in [0.15, 0.2) is 0 Å². The molecular weight excluding hydrogens is 206 g/mol. The third-order valence-corrected chi connectivity index (χ3v) is 2.85. The minimum absolute atomic E-state index is 0.0129. The van der Waals surface area contributed by atoms with Crippen LogP contribution < -0.4 is 5.32 Å². The third kappa shape index (κ3) is 3.48. The van der Waals surface area contributed by atoms with Gasteiger partial charge in [-0.25, -0.2) is 0 Å². The molecule has 0 aromatic carbocycles. The summed E-state index contributed by atoms with van der Waals surface area (Å²) >= 11 is 0. The van der Waals surface area contributed by atoms with Crippen molar-refractivity contribution in [2.24, 2.45) is 0 Å². The van der Waals surface area contributed by atoms with E-state index in [0.29, 0.717) is 0 Å². The molecule has 1 fully saturated rings. The first-order valence-electron chi connectivity index (χ1n) is 5.74. The minimum atomic E-state index is -0.276. The first kappa shape index (κ1) is 13.0. The Morgan fingerprint density at radius 1 is 1.31 bits per heavy atom.